The molecule has 0 aliphatic carbocycles. The first-order valence-electron chi connectivity index (χ1n) is 10.7. The van der Waals surface area contributed by atoms with Crippen LogP contribution in [0.4, 0.5) is 23.2 Å². The molecule has 5 nitrogen and oxygen atoms in total. The van der Waals surface area contributed by atoms with Crippen molar-refractivity contribution in [3.8, 4) is 11.1 Å². The van der Waals surface area contributed by atoms with E-state index in [9.17, 15) is 22.4 Å². The summed E-state index contributed by atoms with van der Waals surface area (Å²) >= 11 is 0. The molecule has 1 aliphatic rings. The fourth-order valence-corrected chi connectivity index (χ4v) is 4.16. The van der Waals surface area contributed by atoms with Crippen LogP contribution < -0.4 is 4.90 Å². The molecule has 5 rings (SSSR count). The van der Waals surface area contributed by atoms with E-state index in [-0.39, 0.29) is 17.4 Å². The predicted octanol–water partition coefficient (Wildman–Crippen LogP) is 5.12. The number of rotatable bonds is 3. The lowest BCUT2D eigenvalue weighted by Gasteiger charge is -2.35. The predicted molar refractivity (Wildman–Crippen MR) is 120 cm³/mol. The van der Waals surface area contributed by atoms with E-state index in [1.807, 2.05) is 4.90 Å². The normalized spacial score (nSPS) is 14.6. The van der Waals surface area contributed by atoms with Gasteiger partial charge in [0.15, 0.2) is 0 Å². The van der Waals surface area contributed by atoms with Crippen molar-refractivity contribution in [1.82, 2.24) is 14.3 Å². The molecule has 0 atom stereocenters. The number of alkyl halides is 3. The van der Waals surface area contributed by atoms with Crippen LogP contribution in [0.2, 0.25) is 0 Å². The minimum atomic E-state index is -4.43. The van der Waals surface area contributed by atoms with Gasteiger partial charge in [-0.1, -0.05) is 24.3 Å². The largest absolute Gasteiger partial charge is 0.416 e. The summed E-state index contributed by atoms with van der Waals surface area (Å²) in [5.41, 5.74) is 1.56. The Kier molecular flexibility index (Phi) is 5.47. The van der Waals surface area contributed by atoms with Crippen molar-refractivity contribution in [1.29, 1.82) is 0 Å². The van der Waals surface area contributed by atoms with Crippen molar-refractivity contribution in [3.63, 3.8) is 0 Å². The van der Waals surface area contributed by atoms with E-state index in [4.69, 9.17) is 0 Å². The van der Waals surface area contributed by atoms with Gasteiger partial charge >= 0.3 is 6.18 Å². The molecular weight excluding hydrogens is 448 g/mol. The lowest BCUT2D eigenvalue weighted by Crippen LogP contribution is -2.49. The van der Waals surface area contributed by atoms with Gasteiger partial charge < -0.3 is 14.2 Å². The van der Waals surface area contributed by atoms with Crippen molar-refractivity contribution in [2.24, 2.45) is 0 Å². The number of aromatic nitrogens is 2. The molecule has 0 bridgehead atoms. The van der Waals surface area contributed by atoms with Crippen molar-refractivity contribution >= 4 is 17.2 Å². The molecule has 1 saturated heterocycles. The third kappa shape index (κ3) is 4.21. The molecule has 2 aromatic carbocycles. The van der Waals surface area contributed by atoms with E-state index >= 15 is 0 Å². The summed E-state index contributed by atoms with van der Waals surface area (Å²) in [4.78, 5) is 21.0. The van der Waals surface area contributed by atoms with E-state index in [2.05, 4.69) is 4.98 Å². The SMILES string of the molecule is O=C(c1cn2cc(-c3cccc(C(F)(F)F)c3)ccc2n1)N1CCN(c2ccccc2F)CC1. The number of imidazole rings is 1. The van der Waals surface area contributed by atoms with Crippen LogP contribution in [-0.2, 0) is 6.18 Å². The number of piperazine rings is 1. The number of pyridine rings is 1. The molecule has 0 saturated carbocycles. The Balaban J connectivity index is 1.33. The van der Waals surface area contributed by atoms with Crippen LogP contribution in [0.5, 0.6) is 0 Å². The second-order valence-corrected chi connectivity index (χ2v) is 8.12. The number of hydrogen-bond acceptors (Lipinski definition) is 3. The highest BCUT2D eigenvalue weighted by Crippen LogP contribution is 2.32. The van der Waals surface area contributed by atoms with Crippen LogP contribution in [0.15, 0.2) is 73.1 Å². The van der Waals surface area contributed by atoms with E-state index in [1.54, 1.807) is 58.1 Å². The lowest BCUT2D eigenvalue weighted by atomic mass is 10.0. The molecule has 0 spiro atoms. The summed E-state index contributed by atoms with van der Waals surface area (Å²) in [6, 6.07) is 15.0. The van der Waals surface area contributed by atoms with Crippen LogP contribution in [0, 0.1) is 5.82 Å². The van der Waals surface area contributed by atoms with Crippen molar-refractivity contribution < 1.29 is 22.4 Å². The lowest BCUT2D eigenvalue weighted by molar-refractivity contribution is -0.137. The number of carbonyl (C=O) groups excluding carboxylic acids is 1. The monoisotopic (exact) mass is 468 g/mol. The highest BCUT2D eigenvalue weighted by atomic mass is 19.4. The number of anilines is 1. The van der Waals surface area contributed by atoms with Gasteiger partial charge in [-0.3, -0.25) is 4.79 Å². The number of para-hydroxylation sites is 1. The quantitative estimate of drug-likeness (QED) is 0.392. The first-order valence-corrected chi connectivity index (χ1v) is 10.7. The zero-order valence-corrected chi connectivity index (χ0v) is 18.0. The number of nitrogens with zero attached hydrogens (tertiary/aromatic N) is 4. The van der Waals surface area contributed by atoms with Crippen LogP contribution in [0.3, 0.4) is 0 Å². The van der Waals surface area contributed by atoms with Crippen molar-refractivity contribution in [2.75, 3.05) is 31.1 Å². The molecule has 1 amide bonds. The molecule has 1 aliphatic heterocycles. The van der Waals surface area contributed by atoms with E-state index in [1.165, 1.54) is 12.1 Å². The maximum atomic E-state index is 14.1. The summed E-state index contributed by atoms with van der Waals surface area (Å²) in [6.07, 6.45) is -1.19. The molecule has 3 heterocycles. The third-order valence-electron chi connectivity index (χ3n) is 5.95. The summed E-state index contributed by atoms with van der Waals surface area (Å²) in [5.74, 6) is -0.531. The molecular formula is C25H20F4N4O. The molecule has 174 valence electrons. The maximum Gasteiger partial charge on any atom is 0.416 e. The topological polar surface area (TPSA) is 40.9 Å². The van der Waals surface area contributed by atoms with E-state index < -0.39 is 11.7 Å². The molecule has 9 heteroatoms. The van der Waals surface area contributed by atoms with E-state index in [0.29, 0.717) is 48.6 Å². The molecule has 4 aromatic rings. The second-order valence-electron chi connectivity index (χ2n) is 8.12. The molecule has 0 unspecified atom stereocenters. The van der Waals surface area contributed by atoms with Gasteiger partial charge in [-0.2, -0.15) is 13.2 Å². The first kappa shape index (κ1) is 21.9. The van der Waals surface area contributed by atoms with Gasteiger partial charge in [0.25, 0.3) is 5.91 Å². The van der Waals surface area contributed by atoms with E-state index in [0.717, 1.165) is 12.1 Å². The van der Waals surface area contributed by atoms with Crippen LogP contribution >= 0.6 is 0 Å². The Morgan fingerprint density at radius 2 is 1.62 bits per heavy atom. The van der Waals surface area contributed by atoms with Crippen molar-refractivity contribution in [3.05, 3.63) is 90.1 Å². The minimum absolute atomic E-state index is 0.238. The summed E-state index contributed by atoms with van der Waals surface area (Å²) in [6.45, 7) is 1.85. The standard InChI is InChI=1S/C25H20F4N4O/c26-20-6-1-2-7-22(20)31-10-12-32(13-11-31)24(34)21-16-33-15-18(8-9-23(33)30-21)17-4-3-5-19(14-17)25(27,28)29/h1-9,14-16H,10-13H2. The summed E-state index contributed by atoms with van der Waals surface area (Å²) in [7, 11) is 0. The number of amides is 1. The molecule has 2 aromatic heterocycles. The fourth-order valence-electron chi connectivity index (χ4n) is 4.16. The Morgan fingerprint density at radius 3 is 2.35 bits per heavy atom. The average Bonchev–Trinajstić information content (AvgIpc) is 3.27. The van der Waals surface area contributed by atoms with Gasteiger partial charge in [0.2, 0.25) is 0 Å². The van der Waals surface area contributed by atoms with Gasteiger partial charge in [0.05, 0.1) is 11.3 Å². The van der Waals surface area contributed by atoms with Gasteiger partial charge in [-0.25, -0.2) is 9.37 Å². The minimum Gasteiger partial charge on any atom is -0.366 e. The van der Waals surface area contributed by atoms with Crippen LogP contribution in [0.25, 0.3) is 16.8 Å². The second kappa shape index (κ2) is 8.48. The number of hydrogen-bond donors (Lipinski definition) is 0. The highest BCUT2D eigenvalue weighted by molar-refractivity contribution is 5.93. The Morgan fingerprint density at radius 1 is 0.853 bits per heavy atom. The first-order chi connectivity index (χ1) is 16.3. The molecule has 1 fully saturated rings. The highest BCUT2D eigenvalue weighted by Gasteiger charge is 2.30. The number of fused-ring (bicyclic) bond motifs is 1. The number of carbonyl (C=O) groups is 1. The maximum absolute atomic E-state index is 14.1. The Labute approximate surface area is 192 Å². The molecule has 34 heavy (non-hydrogen) atoms. The van der Waals surface area contributed by atoms with Gasteiger partial charge in [-0.15, -0.1) is 0 Å². The van der Waals surface area contributed by atoms with Crippen LogP contribution in [-0.4, -0.2) is 46.4 Å². The number of halogens is 4. The fraction of sp³-hybridized carbons (Fsp3) is 0.200. The summed E-state index contributed by atoms with van der Waals surface area (Å²) in [5, 5.41) is 0. The zero-order chi connectivity index (χ0) is 23.9. The molecule has 0 N–H and O–H groups in total. The third-order valence-corrected chi connectivity index (χ3v) is 5.95. The van der Waals surface area contributed by atoms with Gasteiger partial charge in [0, 0.05) is 38.6 Å². The van der Waals surface area contributed by atoms with Crippen LogP contribution in [0.1, 0.15) is 16.1 Å². The Bertz CT molecular complexity index is 1360. The Hall–Kier alpha value is -3.88. The van der Waals surface area contributed by atoms with Gasteiger partial charge in [0.1, 0.15) is 17.2 Å². The average molecular weight is 468 g/mol. The van der Waals surface area contributed by atoms with Crippen molar-refractivity contribution in [2.45, 2.75) is 6.18 Å². The zero-order valence-electron chi connectivity index (χ0n) is 18.0. The smallest absolute Gasteiger partial charge is 0.366 e. The number of benzene rings is 2. The van der Waals surface area contributed by atoms with Gasteiger partial charge in [-0.05, 0) is 47.5 Å². The molecule has 0 radical (unpaired) electrons. The summed E-state index contributed by atoms with van der Waals surface area (Å²) < 4.78 is 54.9.